The highest BCUT2D eigenvalue weighted by atomic mass is 35.5. The summed E-state index contributed by atoms with van der Waals surface area (Å²) in [6, 6.07) is 9.79. The Balaban J connectivity index is 0.00000256. The Morgan fingerprint density at radius 2 is 2.06 bits per heavy atom. The van der Waals surface area contributed by atoms with Crippen molar-refractivity contribution in [3.63, 3.8) is 0 Å². The molecule has 1 aromatic carbocycles. The molecule has 0 radical (unpaired) electrons. The van der Waals surface area contributed by atoms with Crippen LogP contribution in [0.1, 0.15) is 11.1 Å². The van der Waals surface area contributed by atoms with E-state index in [1.54, 1.807) is 0 Å². The molecule has 1 N–H and O–H groups in total. The number of nitrogens with zero attached hydrogens (tertiary/aromatic N) is 1. The fourth-order valence-corrected chi connectivity index (χ4v) is 1.86. The zero-order chi connectivity index (χ0) is 11.6. The predicted molar refractivity (Wildman–Crippen MR) is 77.6 cm³/mol. The average Bonchev–Trinajstić information content (AvgIpc) is 2.34. The fraction of sp³-hybridized carbons (Fsp3) is 0.308. The lowest BCUT2D eigenvalue weighted by Gasteiger charge is -2.04. The van der Waals surface area contributed by atoms with Crippen LogP contribution in [0.15, 0.2) is 36.9 Å². The molecule has 0 bridgehead atoms. The molecular formula is C13H17ClN2S. The van der Waals surface area contributed by atoms with E-state index < -0.39 is 0 Å². The van der Waals surface area contributed by atoms with Crippen molar-refractivity contribution in [1.82, 2.24) is 5.32 Å². The van der Waals surface area contributed by atoms with E-state index >= 15 is 0 Å². The summed E-state index contributed by atoms with van der Waals surface area (Å²) in [6.07, 6.45) is 1.92. The molecule has 1 aromatic rings. The van der Waals surface area contributed by atoms with Gasteiger partial charge in [0, 0.05) is 24.6 Å². The van der Waals surface area contributed by atoms with Crippen LogP contribution in [0, 0.1) is 11.3 Å². The van der Waals surface area contributed by atoms with E-state index in [9.17, 15) is 0 Å². The van der Waals surface area contributed by atoms with Gasteiger partial charge >= 0.3 is 0 Å². The molecule has 0 saturated heterocycles. The second-order valence-corrected chi connectivity index (χ2v) is 4.50. The molecule has 4 heteroatoms. The normalized spacial score (nSPS) is 9.12. The minimum absolute atomic E-state index is 0. The Kier molecular flexibility index (Phi) is 9.65. The van der Waals surface area contributed by atoms with Crippen molar-refractivity contribution in [3.05, 3.63) is 48.0 Å². The first-order chi connectivity index (χ1) is 7.86. The van der Waals surface area contributed by atoms with Crippen LogP contribution in [0.2, 0.25) is 0 Å². The molecule has 0 aliphatic heterocycles. The van der Waals surface area contributed by atoms with Gasteiger partial charge in [0.1, 0.15) is 0 Å². The van der Waals surface area contributed by atoms with Crippen molar-refractivity contribution >= 4 is 24.2 Å². The monoisotopic (exact) mass is 268 g/mol. The Labute approximate surface area is 114 Å². The summed E-state index contributed by atoms with van der Waals surface area (Å²) in [5, 5.41) is 12.0. The van der Waals surface area contributed by atoms with Crippen molar-refractivity contribution in [1.29, 1.82) is 5.26 Å². The standard InChI is InChI=1S/C13H16N2S.ClH/c1-2-8-16-9-7-15-11-13-5-3-12(10-14)4-6-13;/h2-6,15H,1,7-9,11H2;1H. The molecule has 0 aromatic heterocycles. The van der Waals surface area contributed by atoms with Crippen molar-refractivity contribution in [2.75, 3.05) is 18.1 Å². The molecule has 0 atom stereocenters. The van der Waals surface area contributed by atoms with E-state index in [0.29, 0.717) is 5.56 Å². The molecule has 0 unspecified atom stereocenters. The number of hydrogen-bond donors (Lipinski definition) is 1. The number of rotatable bonds is 7. The van der Waals surface area contributed by atoms with Crippen LogP contribution in [0.25, 0.3) is 0 Å². The fourth-order valence-electron chi connectivity index (χ4n) is 1.24. The summed E-state index contributed by atoms with van der Waals surface area (Å²) >= 11 is 1.87. The molecule has 0 fully saturated rings. The van der Waals surface area contributed by atoms with Gasteiger partial charge in [-0.15, -0.1) is 19.0 Å². The topological polar surface area (TPSA) is 35.8 Å². The maximum Gasteiger partial charge on any atom is 0.0991 e. The maximum absolute atomic E-state index is 8.65. The number of nitriles is 1. The van der Waals surface area contributed by atoms with Crippen molar-refractivity contribution in [2.24, 2.45) is 0 Å². The van der Waals surface area contributed by atoms with Gasteiger partial charge < -0.3 is 5.32 Å². The Morgan fingerprint density at radius 1 is 1.35 bits per heavy atom. The lowest BCUT2D eigenvalue weighted by atomic mass is 10.1. The average molecular weight is 269 g/mol. The molecule has 0 spiro atoms. The van der Waals surface area contributed by atoms with Crippen LogP contribution < -0.4 is 5.32 Å². The number of hydrogen-bond acceptors (Lipinski definition) is 3. The molecule has 0 aliphatic carbocycles. The Bertz CT molecular complexity index is 357. The SMILES string of the molecule is C=CCSCCNCc1ccc(C#N)cc1.Cl. The summed E-state index contributed by atoms with van der Waals surface area (Å²) in [7, 11) is 0. The van der Waals surface area contributed by atoms with Crippen LogP contribution in [0.4, 0.5) is 0 Å². The van der Waals surface area contributed by atoms with Crippen molar-refractivity contribution in [3.8, 4) is 6.07 Å². The van der Waals surface area contributed by atoms with Gasteiger partial charge in [-0.25, -0.2) is 0 Å². The van der Waals surface area contributed by atoms with E-state index in [1.165, 1.54) is 5.56 Å². The maximum atomic E-state index is 8.65. The summed E-state index contributed by atoms with van der Waals surface area (Å²) in [5.74, 6) is 2.11. The highest BCUT2D eigenvalue weighted by Gasteiger charge is 1.93. The quantitative estimate of drug-likeness (QED) is 0.610. The lowest BCUT2D eigenvalue weighted by Crippen LogP contribution is -2.16. The van der Waals surface area contributed by atoms with Crippen molar-refractivity contribution in [2.45, 2.75) is 6.54 Å². The minimum Gasteiger partial charge on any atom is -0.312 e. The molecule has 0 heterocycles. The van der Waals surface area contributed by atoms with E-state index in [2.05, 4.69) is 18.0 Å². The second kappa shape index (κ2) is 10.2. The third kappa shape index (κ3) is 7.06. The Hall–Kier alpha value is -0.950. The van der Waals surface area contributed by atoms with Crippen molar-refractivity contribution < 1.29 is 0 Å². The van der Waals surface area contributed by atoms with E-state index in [1.807, 2.05) is 42.1 Å². The zero-order valence-electron chi connectivity index (χ0n) is 9.69. The zero-order valence-corrected chi connectivity index (χ0v) is 11.3. The highest BCUT2D eigenvalue weighted by Crippen LogP contribution is 2.03. The summed E-state index contributed by atoms with van der Waals surface area (Å²) < 4.78 is 0. The van der Waals surface area contributed by atoms with Gasteiger partial charge in [-0.3, -0.25) is 0 Å². The molecule has 17 heavy (non-hydrogen) atoms. The highest BCUT2D eigenvalue weighted by molar-refractivity contribution is 7.99. The van der Waals surface area contributed by atoms with E-state index in [4.69, 9.17) is 5.26 Å². The largest absolute Gasteiger partial charge is 0.312 e. The van der Waals surface area contributed by atoms with Gasteiger partial charge in [0.25, 0.3) is 0 Å². The van der Waals surface area contributed by atoms with Crippen LogP contribution >= 0.6 is 24.2 Å². The summed E-state index contributed by atoms with van der Waals surface area (Å²) in [4.78, 5) is 0. The van der Waals surface area contributed by atoms with Gasteiger partial charge in [-0.05, 0) is 17.7 Å². The van der Waals surface area contributed by atoms with E-state index in [-0.39, 0.29) is 12.4 Å². The molecule has 0 amide bonds. The van der Waals surface area contributed by atoms with Gasteiger partial charge in [-0.1, -0.05) is 18.2 Å². The first-order valence-electron chi connectivity index (χ1n) is 5.25. The number of nitrogens with one attached hydrogen (secondary N) is 1. The lowest BCUT2D eigenvalue weighted by molar-refractivity contribution is 0.732. The Morgan fingerprint density at radius 3 is 2.65 bits per heavy atom. The van der Waals surface area contributed by atoms with Gasteiger partial charge in [0.2, 0.25) is 0 Å². The van der Waals surface area contributed by atoms with Gasteiger partial charge in [-0.2, -0.15) is 17.0 Å². The van der Waals surface area contributed by atoms with Gasteiger partial charge in [0.15, 0.2) is 0 Å². The molecule has 0 aliphatic rings. The van der Waals surface area contributed by atoms with Gasteiger partial charge in [0.05, 0.1) is 11.6 Å². The first-order valence-corrected chi connectivity index (χ1v) is 6.40. The van der Waals surface area contributed by atoms with Crippen LogP contribution in [-0.4, -0.2) is 18.1 Å². The van der Waals surface area contributed by atoms with E-state index in [0.717, 1.165) is 24.6 Å². The van der Waals surface area contributed by atoms with Crippen LogP contribution in [0.5, 0.6) is 0 Å². The molecule has 2 nitrogen and oxygen atoms in total. The first kappa shape index (κ1) is 16.1. The third-order valence-electron chi connectivity index (χ3n) is 2.07. The number of thioether (sulfide) groups is 1. The molecular weight excluding hydrogens is 252 g/mol. The molecule has 1 rings (SSSR count). The third-order valence-corrected chi connectivity index (χ3v) is 3.04. The number of benzene rings is 1. The summed E-state index contributed by atoms with van der Waals surface area (Å²) in [5.41, 5.74) is 1.93. The summed E-state index contributed by atoms with van der Waals surface area (Å²) in [6.45, 7) is 5.53. The smallest absolute Gasteiger partial charge is 0.0991 e. The minimum atomic E-state index is 0. The second-order valence-electron chi connectivity index (χ2n) is 3.35. The predicted octanol–water partition coefficient (Wildman–Crippen LogP) is 2.99. The molecule has 0 saturated carbocycles. The van der Waals surface area contributed by atoms with Crippen LogP contribution in [0.3, 0.4) is 0 Å². The molecule has 92 valence electrons. The van der Waals surface area contributed by atoms with Crippen LogP contribution in [-0.2, 0) is 6.54 Å². The number of halogens is 1.